The van der Waals surface area contributed by atoms with Crippen molar-refractivity contribution in [1.29, 1.82) is 0 Å². The second-order valence-electron chi connectivity index (χ2n) is 12.7. The molecule has 0 aliphatic rings. The van der Waals surface area contributed by atoms with E-state index in [1.807, 2.05) is 12.3 Å². The minimum Gasteiger partial charge on any atom is -0.309 e. The molecule has 0 fully saturated rings. The number of hydrogen-bond acceptors (Lipinski definition) is 2. The van der Waals surface area contributed by atoms with Crippen LogP contribution in [0.4, 0.5) is 0 Å². The van der Waals surface area contributed by atoms with E-state index in [1.165, 1.54) is 49.3 Å². The lowest BCUT2D eigenvalue weighted by Gasteiger charge is -2.11. The molecule has 0 aliphatic carbocycles. The molecule has 7 aromatic carbocycles. The molecule has 0 aliphatic heterocycles. The summed E-state index contributed by atoms with van der Waals surface area (Å²) in [4.78, 5) is 10.1. The zero-order valence-corrected chi connectivity index (χ0v) is 27.1. The minimum atomic E-state index is 0.646. The van der Waals surface area contributed by atoms with Gasteiger partial charge in [0.05, 0.1) is 27.8 Å². The van der Waals surface area contributed by atoms with Crippen molar-refractivity contribution in [1.82, 2.24) is 19.1 Å². The van der Waals surface area contributed by atoms with E-state index in [9.17, 15) is 0 Å². The molecule has 0 atom stereocenters. The number of rotatable bonds is 5. The highest BCUT2D eigenvalue weighted by Gasteiger charge is 2.17. The lowest BCUT2D eigenvalue weighted by Crippen LogP contribution is -2.02. The van der Waals surface area contributed by atoms with Crippen LogP contribution in [0.1, 0.15) is 0 Å². The van der Waals surface area contributed by atoms with E-state index in [2.05, 4.69) is 179 Å². The molecular formula is C46H30N4. The van der Waals surface area contributed by atoms with Gasteiger partial charge in [0.2, 0.25) is 5.95 Å². The maximum Gasteiger partial charge on any atom is 0.235 e. The Bertz CT molecular complexity index is 2810. The summed E-state index contributed by atoms with van der Waals surface area (Å²) >= 11 is 0. The third kappa shape index (κ3) is 4.54. The second kappa shape index (κ2) is 11.4. The SMILES string of the molecule is c1ccc(-c2ccc(-c3ccc4c5ccccc5n(-c5nccc(-c6cccc(-n7c8ccccc8c8ccccc87)c6)n5)c4c3)cc2)cc1. The molecule has 0 radical (unpaired) electrons. The van der Waals surface area contributed by atoms with E-state index in [0.717, 1.165) is 33.5 Å². The topological polar surface area (TPSA) is 35.6 Å². The Balaban J connectivity index is 1.09. The van der Waals surface area contributed by atoms with E-state index in [4.69, 9.17) is 9.97 Å². The first-order chi connectivity index (χ1) is 24.8. The van der Waals surface area contributed by atoms with E-state index >= 15 is 0 Å². The van der Waals surface area contributed by atoms with E-state index in [1.54, 1.807) is 0 Å². The predicted octanol–water partition coefficient (Wildman–Crippen LogP) is 11.7. The van der Waals surface area contributed by atoms with Gasteiger partial charge in [0.15, 0.2) is 0 Å². The van der Waals surface area contributed by atoms with Crippen LogP contribution in [0.25, 0.3) is 88.8 Å². The molecule has 0 saturated carbocycles. The Morgan fingerprint density at radius 2 is 0.860 bits per heavy atom. The quantitative estimate of drug-likeness (QED) is 0.188. The molecule has 4 heteroatoms. The van der Waals surface area contributed by atoms with Crippen molar-refractivity contribution < 1.29 is 0 Å². The molecule has 10 aromatic rings. The van der Waals surface area contributed by atoms with Gasteiger partial charge in [0, 0.05) is 39.0 Å². The van der Waals surface area contributed by atoms with Crippen LogP contribution in [-0.4, -0.2) is 19.1 Å². The van der Waals surface area contributed by atoms with Crippen LogP contribution in [0, 0.1) is 0 Å². The standard InChI is InChI=1S/C46H30N4/c1-2-11-31(12-3-1)32-21-23-33(24-22-32)34-25-26-40-39-17-6-9-20-44(39)50(45(40)30-34)46-47-28-27-41(48-46)35-13-10-14-36(29-35)49-42-18-7-4-15-37(42)38-16-5-8-19-43(38)49/h1-30H. The first-order valence-corrected chi connectivity index (χ1v) is 16.9. The van der Waals surface area contributed by atoms with Crippen LogP contribution >= 0.6 is 0 Å². The van der Waals surface area contributed by atoms with E-state index in [-0.39, 0.29) is 0 Å². The number of nitrogens with zero attached hydrogens (tertiary/aromatic N) is 4. The molecule has 0 spiro atoms. The van der Waals surface area contributed by atoms with Gasteiger partial charge in [-0.15, -0.1) is 0 Å². The third-order valence-corrected chi connectivity index (χ3v) is 9.82. The highest BCUT2D eigenvalue weighted by atomic mass is 15.2. The summed E-state index contributed by atoms with van der Waals surface area (Å²) < 4.78 is 4.55. The first-order valence-electron chi connectivity index (χ1n) is 16.9. The molecule has 0 amide bonds. The Morgan fingerprint density at radius 3 is 1.54 bits per heavy atom. The third-order valence-electron chi connectivity index (χ3n) is 9.82. The molecule has 4 nitrogen and oxygen atoms in total. The van der Waals surface area contributed by atoms with Crippen LogP contribution in [0.5, 0.6) is 0 Å². The van der Waals surface area contributed by atoms with Gasteiger partial charge in [-0.05, 0) is 64.7 Å². The Hall–Kier alpha value is -6.78. The summed E-state index contributed by atoms with van der Waals surface area (Å²) in [7, 11) is 0. The van der Waals surface area contributed by atoms with Gasteiger partial charge in [-0.3, -0.25) is 4.57 Å². The largest absolute Gasteiger partial charge is 0.309 e. The zero-order valence-electron chi connectivity index (χ0n) is 27.1. The van der Waals surface area contributed by atoms with Crippen LogP contribution in [-0.2, 0) is 0 Å². The van der Waals surface area contributed by atoms with Crippen LogP contribution < -0.4 is 0 Å². The van der Waals surface area contributed by atoms with Crippen molar-refractivity contribution in [3.63, 3.8) is 0 Å². The fourth-order valence-corrected chi connectivity index (χ4v) is 7.47. The summed E-state index contributed by atoms with van der Waals surface area (Å²) in [6.45, 7) is 0. The van der Waals surface area contributed by atoms with Crippen molar-refractivity contribution in [3.05, 3.63) is 182 Å². The Kier molecular flexibility index (Phi) is 6.46. The lowest BCUT2D eigenvalue weighted by atomic mass is 9.99. The molecule has 3 heterocycles. The zero-order chi connectivity index (χ0) is 33.0. The molecule has 0 bridgehead atoms. The number of aromatic nitrogens is 4. The number of para-hydroxylation sites is 3. The van der Waals surface area contributed by atoms with Crippen molar-refractivity contribution in [2.75, 3.05) is 0 Å². The monoisotopic (exact) mass is 638 g/mol. The Morgan fingerprint density at radius 1 is 0.340 bits per heavy atom. The van der Waals surface area contributed by atoms with Gasteiger partial charge in [0.1, 0.15) is 0 Å². The van der Waals surface area contributed by atoms with Crippen LogP contribution in [0.2, 0.25) is 0 Å². The number of fused-ring (bicyclic) bond motifs is 6. The van der Waals surface area contributed by atoms with Gasteiger partial charge in [-0.1, -0.05) is 133 Å². The molecule has 0 unspecified atom stereocenters. The summed E-state index contributed by atoms with van der Waals surface area (Å²) in [5.74, 6) is 0.646. The van der Waals surface area contributed by atoms with E-state index in [0.29, 0.717) is 5.95 Å². The summed E-state index contributed by atoms with van der Waals surface area (Å²) in [5, 5.41) is 4.84. The first kappa shape index (κ1) is 28.3. The van der Waals surface area contributed by atoms with Crippen LogP contribution in [0.15, 0.2) is 182 Å². The fourth-order valence-electron chi connectivity index (χ4n) is 7.47. The van der Waals surface area contributed by atoms with Crippen molar-refractivity contribution in [2.45, 2.75) is 0 Å². The van der Waals surface area contributed by atoms with Crippen molar-refractivity contribution >= 4 is 43.6 Å². The number of benzene rings is 7. The maximum atomic E-state index is 5.22. The van der Waals surface area contributed by atoms with Gasteiger partial charge in [-0.2, -0.15) is 0 Å². The average Bonchev–Trinajstić information content (AvgIpc) is 3.71. The fraction of sp³-hybridized carbons (Fsp3) is 0. The van der Waals surface area contributed by atoms with E-state index < -0.39 is 0 Å². The average molecular weight is 639 g/mol. The van der Waals surface area contributed by atoms with Crippen LogP contribution in [0.3, 0.4) is 0 Å². The molecule has 50 heavy (non-hydrogen) atoms. The van der Waals surface area contributed by atoms with Gasteiger partial charge < -0.3 is 4.57 Å². The number of hydrogen-bond donors (Lipinski definition) is 0. The van der Waals surface area contributed by atoms with Gasteiger partial charge >= 0.3 is 0 Å². The summed E-state index contributed by atoms with van der Waals surface area (Å²) in [5.41, 5.74) is 12.3. The molecular weight excluding hydrogens is 609 g/mol. The predicted molar refractivity (Wildman–Crippen MR) is 207 cm³/mol. The highest BCUT2D eigenvalue weighted by Crippen LogP contribution is 2.36. The molecule has 10 rings (SSSR count). The van der Waals surface area contributed by atoms with Crippen molar-refractivity contribution in [2.24, 2.45) is 0 Å². The second-order valence-corrected chi connectivity index (χ2v) is 12.7. The van der Waals surface area contributed by atoms with Gasteiger partial charge in [-0.25, -0.2) is 9.97 Å². The highest BCUT2D eigenvalue weighted by molar-refractivity contribution is 6.10. The summed E-state index contributed by atoms with van der Waals surface area (Å²) in [6.07, 6.45) is 1.87. The van der Waals surface area contributed by atoms with Gasteiger partial charge in [0.25, 0.3) is 0 Å². The Labute approximate surface area is 289 Å². The molecule has 234 valence electrons. The normalized spacial score (nSPS) is 11.6. The lowest BCUT2D eigenvalue weighted by molar-refractivity contribution is 0.992. The minimum absolute atomic E-state index is 0.646. The summed E-state index contributed by atoms with van der Waals surface area (Å²) in [6, 6.07) is 62.4. The molecule has 0 saturated heterocycles. The maximum absolute atomic E-state index is 5.22. The molecule has 0 N–H and O–H groups in total. The smallest absolute Gasteiger partial charge is 0.235 e. The molecule has 3 aromatic heterocycles. The van der Waals surface area contributed by atoms with Crippen molar-refractivity contribution in [3.8, 4) is 45.1 Å².